The number of alkyl carbamates (subject to hydrolysis) is 1. The number of unbranched alkanes of at least 4 members (excludes halogenated alkanes) is 1. The van der Waals surface area contributed by atoms with Gasteiger partial charge >= 0.3 is 6.09 Å². The summed E-state index contributed by atoms with van der Waals surface area (Å²) in [5.41, 5.74) is 7.09. The van der Waals surface area contributed by atoms with E-state index in [2.05, 4.69) is 10.6 Å². The van der Waals surface area contributed by atoms with Crippen molar-refractivity contribution in [3.8, 4) is 0 Å². The molecule has 0 spiro atoms. The molecule has 0 aromatic heterocycles. The van der Waals surface area contributed by atoms with Crippen LogP contribution in [-0.4, -0.2) is 54.0 Å². The number of nitrogens with one attached hydrogen (secondary N) is 2. The number of nitrogens with two attached hydrogens (primary N) is 1. The smallest absolute Gasteiger partial charge is 0.408 e. The number of ether oxygens (including phenoxy) is 1. The second-order valence-corrected chi connectivity index (χ2v) is 9.56. The maximum atomic E-state index is 13.5. The van der Waals surface area contributed by atoms with E-state index in [4.69, 9.17) is 10.5 Å². The van der Waals surface area contributed by atoms with Crippen molar-refractivity contribution >= 4 is 23.8 Å². The van der Waals surface area contributed by atoms with Gasteiger partial charge in [-0.1, -0.05) is 37.1 Å². The quantitative estimate of drug-likeness (QED) is 0.423. The predicted octanol–water partition coefficient (Wildman–Crippen LogP) is 2.88. The molecule has 0 saturated heterocycles. The molecule has 2 unspecified atom stereocenters. The zero-order valence-electron chi connectivity index (χ0n) is 21.5. The van der Waals surface area contributed by atoms with Crippen LogP contribution < -0.4 is 16.4 Å². The lowest BCUT2D eigenvalue weighted by Gasteiger charge is -2.32. The number of likely N-dealkylation sites (N-methyl/N-ethyl adjacent to an activating group) is 1. The van der Waals surface area contributed by atoms with Gasteiger partial charge in [-0.25, -0.2) is 4.79 Å². The first-order valence-corrected chi connectivity index (χ1v) is 11.7. The lowest BCUT2D eigenvalue weighted by molar-refractivity contribution is -0.141. The molecule has 1 aromatic carbocycles. The summed E-state index contributed by atoms with van der Waals surface area (Å²) >= 11 is 0. The fourth-order valence-corrected chi connectivity index (χ4v) is 3.51. The monoisotopic (exact) mass is 476 g/mol. The molecule has 0 fully saturated rings. The zero-order chi connectivity index (χ0) is 26.1. The number of primary amides is 1. The summed E-state index contributed by atoms with van der Waals surface area (Å²) in [6, 6.07) is 3.66. The van der Waals surface area contributed by atoms with Gasteiger partial charge in [0.2, 0.25) is 17.7 Å². The van der Waals surface area contributed by atoms with E-state index in [9.17, 15) is 19.2 Å². The van der Waals surface area contributed by atoms with Crippen LogP contribution in [0, 0.1) is 13.8 Å². The zero-order valence-corrected chi connectivity index (χ0v) is 21.5. The van der Waals surface area contributed by atoms with Gasteiger partial charge in [-0.05, 0) is 58.6 Å². The molecule has 0 radical (unpaired) electrons. The van der Waals surface area contributed by atoms with Gasteiger partial charge in [-0.15, -0.1) is 0 Å². The minimum Gasteiger partial charge on any atom is -0.444 e. The number of rotatable bonds is 11. The van der Waals surface area contributed by atoms with Crippen molar-refractivity contribution in [3.63, 3.8) is 0 Å². The van der Waals surface area contributed by atoms with Crippen molar-refractivity contribution in [2.24, 2.45) is 5.73 Å². The van der Waals surface area contributed by atoms with Crippen LogP contribution in [0.5, 0.6) is 0 Å². The van der Waals surface area contributed by atoms with Crippen molar-refractivity contribution in [1.82, 2.24) is 15.5 Å². The highest BCUT2D eigenvalue weighted by molar-refractivity contribution is 5.92. The summed E-state index contributed by atoms with van der Waals surface area (Å²) in [4.78, 5) is 51.8. The number of benzene rings is 1. The lowest BCUT2D eigenvalue weighted by Crippen LogP contribution is -2.52. The van der Waals surface area contributed by atoms with E-state index in [1.807, 2.05) is 39.0 Å². The average molecular weight is 477 g/mol. The van der Waals surface area contributed by atoms with Crippen LogP contribution in [0.3, 0.4) is 0 Å². The SMILES string of the molecule is CCCCNC(=O)C(c1ccc(C)cc1C)N(C)C(=O)C(CCC(N)=O)NC(=O)OC(C)(C)C. The van der Waals surface area contributed by atoms with Crippen molar-refractivity contribution in [3.05, 3.63) is 34.9 Å². The Morgan fingerprint density at radius 1 is 1.15 bits per heavy atom. The molecule has 0 aliphatic heterocycles. The van der Waals surface area contributed by atoms with E-state index in [1.165, 1.54) is 11.9 Å². The predicted molar refractivity (Wildman–Crippen MR) is 131 cm³/mol. The molecular weight excluding hydrogens is 436 g/mol. The van der Waals surface area contributed by atoms with Crippen LogP contribution in [0.15, 0.2) is 18.2 Å². The molecule has 2 atom stereocenters. The summed E-state index contributed by atoms with van der Waals surface area (Å²) in [5.74, 6) is -1.44. The van der Waals surface area contributed by atoms with E-state index < -0.39 is 35.6 Å². The minimum absolute atomic E-state index is 0.0190. The van der Waals surface area contributed by atoms with E-state index in [0.717, 1.165) is 24.0 Å². The molecule has 0 aliphatic rings. The molecule has 190 valence electrons. The molecule has 0 heterocycles. The highest BCUT2D eigenvalue weighted by Crippen LogP contribution is 2.25. The maximum absolute atomic E-state index is 13.5. The Labute approximate surface area is 202 Å². The summed E-state index contributed by atoms with van der Waals surface area (Å²) in [7, 11) is 1.51. The fraction of sp³-hybridized carbons (Fsp3) is 0.600. The molecule has 4 amide bonds. The Kier molecular flexibility index (Phi) is 11.0. The molecule has 34 heavy (non-hydrogen) atoms. The van der Waals surface area contributed by atoms with Crippen molar-refractivity contribution < 1.29 is 23.9 Å². The number of nitrogens with zero attached hydrogens (tertiary/aromatic N) is 1. The van der Waals surface area contributed by atoms with Crippen LogP contribution >= 0.6 is 0 Å². The summed E-state index contributed by atoms with van der Waals surface area (Å²) < 4.78 is 5.28. The Bertz CT molecular complexity index is 879. The number of amides is 4. The van der Waals surface area contributed by atoms with Gasteiger partial charge in [0.25, 0.3) is 0 Å². The van der Waals surface area contributed by atoms with Crippen LogP contribution in [0.25, 0.3) is 0 Å². The lowest BCUT2D eigenvalue weighted by atomic mass is 9.96. The van der Waals surface area contributed by atoms with Crippen LogP contribution in [0.1, 0.15) is 76.1 Å². The van der Waals surface area contributed by atoms with Crippen LogP contribution in [0.2, 0.25) is 0 Å². The van der Waals surface area contributed by atoms with Gasteiger partial charge < -0.3 is 26.0 Å². The molecular formula is C25H40N4O5. The standard InChI is InChI=1S/C25H40N4O5/c1-8-9-14-27-22(31)21(18-11-10-16(2)15-17(18)3)29(7)23(32)19(12-13-20(26)30)28-24(33)34-25(4,5)6/h10-11,15,19,21H,8-9,12-14H2,1-7H3,(H2,26,30)(H,27,31)(H,28,33). The number of carbonyl (C=O) groups excluding carboxylic acids is 4. The van der Waals surface area contributed by atoms with E-state index >= 15 is 0 Å². The molecule has 0 bridgehead atoms. The molecule has 4 N–H and O–H groups in total. The average Bonchev–Trinajstić information content (AvgIpc) is 2.71. The molecule has 9 heteroatoms. The summed E-state index contributed by atoms with van der Waals surface area (Å²) in [6.45, 7) is 11.5. The number of hydrogen-bond donors (Lipinski definition) is 3. The third-order valence-corrected chi connectivity index (χ3v) is 5.20. The van der Waals surface area contributed by atoms with Crippen molar-refractivity contribution in [2.75, 3.05) is 13.6 Å². The Hall–Kier alpha value is -3.10. The van der Waals surface area contributed by atoms with Gasteiger partial charge in [0, 0.05) is 20.0 Å². The van der Waals surface area contributed by atoms with Crippen LogP contribution in [-0.2, 0) is 19.1 Å². The van der Waals surface area contributed by atoms with E-state index in [0.29, 0.717) is 12.1 Å². The minimum atomic E-state index is -1.09. The number of aryl methyl sites for hydroxylation is 2. The molecule has 1 aromatic rings. The van der Waals surface area contributed by atoms with Crippen molar-refractivity contribution in [2.45, 2.75) is 84.9 Å². The van der Waals surface area contributed by atoms with Gasteiger partial charge in [-0.3, -0.25) is 14.4 Å². The Balaban J connectivity index is 3.28. The Morgan fingerprint density at radius 3 is 2.32 bits per heavy atom. The van der Waals surface area contributed by atoms with E-state index in [-0.39, 0.29) is 18.7 Å². The first kappa shape index (κ1) is 28.9. The van der Waals surface area contributed by atoms with Gasteiger partial charge in [-0.2, -0.15) is 0 Å². The molecule has 1 rings (SSSR count). The number of carbonyl (C=O) groups is 4. The third-order valence-electron chi connectivity index (χ3n) is 5.20. The maximum Gasteiger partial charge on any atom is 0.408 e. The van der Waals surface area contributed by atoms with Gasteiger partial charge in [0.15, 0.2) is 0 Å². The first-order valence-electron chi connectivity index (χ1n) is 11.7. The van der Waals surface area contributed by atoms with Gasteiger partial charge in [0.05, 0.1) is 0 Å². The molecule has 9 nitrogen and oxygen atoms in total. The highest BCUT2D eigenvalue weighted by atomic mass is 16.6. The number of hydrogen-bond acceptors (Lipinski definition) is 5. The van der Waals surface area contributed by atoms with Crippen LogP contribution in [0.4, 0.5) is 4.79 Å². The second kappa shape index (κ2) is 13.0. The third kappa shape index (κ3) is 9.41. The summed E-state index contributed by atoms with van der Waals surface area (Å²) in [6.07, 6.45) is 0.799. The van der Waals surface area contributed by atoms with E-state index in [1.54, 1.807) is 20.8 Å². The fourth-order valence-electron chi connectivity index (χ4n) is 3.51. The molecule has 0 aliphatic carbocycles. The summed E-state index contributed by atoms with van der Waals surface area (Å²) in [5, 5.41) is 5.44. The second-order valence-electron chi connectivity index (χ2n) is 9.56. The Morgan fingerprint density at radius 2 is 1.79 bits per heavy atom. The topological polar surface area (TPSA) is 131 Å². The van der Waals surface area contributed by atoms with Gasteiger partial charge in [0.1, 0.15) is 17.7 Å². The highest BCUT2D eigenvalue weighted by Gasteiger charge is 2.34. The first-order chi connectivity index (χ1) is 15.8. The largest absolute Gasteiger partial charge is 0.444 e. The molecule has 0 saturated carbocycles. The normalized spacial score (nSPS) is 12.9. The van der Waals surface area contributed by atoms with Crippen molar-refractivity contribution in [1.29, 1.82) is 0 Å².